The van der Waals surface area contributed by atoms with Crippen LogP contribution in [0.5, 0.6) is 0 Å². The van der Waals surface area contributed by atoms with Crippen molar-refractivity contribution < 1.29 is 0 Å². The molecule has 1 aliphatic heterocycles. The second-order valence-corrected chi connectivity index (χ2v) is 4.60. The molecular weight excluding hydrogens is 172 g/mol. The SMILES string of the molecule is CN1CCC(C)(c2ccncc2)CC1. The highest BCUT2D eigenvalue weighted by molar-refractivity contribution is 5.22. The largest absolute Gasteiger partial charge is 0.306 e. The Kier molecular flexibility index (Phi) is 2.55. The van der Waals surface area contributed by atoms with E-state index in [1.807, 2.05) is 12.4 Å². The van der Waals surface area contributed by atoms with Gasteiger partial charge in [0, 0.05) is 12.4 Å². The zero-order valence-corrected chi connectivity index (χ0v) is 9.03. The van der Waals surface area contributed by atoms with Crippen molar-refractivity contribution in [2.24, 2.45) is 0 Å². The first-order valence-corrected chi connectivity index (χ1v) is 5.30. The lowest BCUT2D eigenvalue weighted by Crippen LogP contribution is -2.38. The molecule has 0 spiro atoms. The fraction of sp³-hybridized carbons (Fsp3) is 0.583. The van der Waals surface area contributed by atoms with E-state index < -0.39 is 0 Å². The molecule has 2 heteroatoms. The van der Waals surface area contributed by atoms with E-state index in [4.69, 9.17) is 0 Å². The van der Waals surface area contributed by atoms with Gasteiger partial charge in [0.2, 0.25) is 0 Å². The lowest BCUT2D eigenvalue weighted by atomic mass is 9.75. The quantitative estimate of drug-likeness (QED) is 0.674. The van der Waals surface area contributed by atoms with Crippen LogP contribution in [0.15, 0.2) is 24.5 Å². The molecule has 1 aliphatic rings. The van der Waals surface area contributed by atoms with E-state index in [0.717, 1.165) is 0 Å². The van der Waals surface area contributed by atoms with Crippen LogP contribution in [0.1, 0.15) is 25.3 Å². The van der Waals surface area contributed by atoms with E-state index in [1.54, 1.807) is 0 Å². The molecule has 0 aliphatic carbocycles. The van der Waals surface area contributed by atoms with Crippen molar-refractivity contribution in [1.82, 2.24) is 9.88 Å². The Hall–Kier alpha value is -0.890. The summed E-state index contributed by atoms with van der Waals surface area (Å²) < 4.78 is 0. The maximum atomic E-state index is 4.08. The fourth-order valence-corrected chi connectivity index (χ4v) is 2.16. The Balaban J connectivity index is 2.17. The van der Waals surface area contributed by atoms with Crippen LogP contribution < -0.4 is 0 Å². The lowest BCUT2D eigenvalue weighted by Gasteiger charge is -2.38. The second-order valence-electron chi connectivity index (χ2n) is 4.60. The van der Waals surface area contributed by atoms with Crippen molar-refractivity contribution in [3.8, 4) is 0 Å². The van der Waals surface area contributed by atoms with Crippen LogP contribution in [0.4, 0.5) is 0 Å². The third-order valence-corrected chi connectivity index (χ3v) is 3.47. The Morgan fingerprint density at radius 3 is 2.36 bits per heavy atom. The van der Waals surface area contributed by atoms with Gasteiger partial charge < -0.3 is 4.90 Å². The zero-order valence-electron chi connectivity index (χ0n) is 9.03. The summed E-state index contributed by atoms with van der Waals surface area (Å²) in [6.45, 7) is 4.78. The van der Waals surface area contributed by atoms with Crippen molar-refractivity contribution in [3.63, 3.8) is 0 Å². The third-order valence-electron chi connectivity index (χ3n) is 3.47. The smallest absolute Gasteiger partial charge is 0.0270 e. The van der Waals surface area contributed by atoms with Crippen molar-refractivity contribution in [1.29, 1.82) is 0 Å². The number of nitrogens with zero attached hydrogens (tertiary/aromatic N) is 2. The molecule has 1 aromatic rings. The maximum absolute atomic E-state index is 4.08. The van der Waals surface area contributed by atoms with Crippen LogP contribution >= 0.6 is 0 Å². The number of hydrogen-bond donors (Lipinski definition) is 0. The summed E-state index contributed by atoms with van der Waals surface area (Å²) in [6.07, 6.45) is 6.32. The molecule has 0 amide bonds. The first-order valence-electron chi connectivity index (χ1n) is 5.30. The molecule has 2 rings (SSSR count). The summed E-state index contributed by atoms with van der Waals surface area (Å²) >= 11 is 0. The standard InChI is InChI=1S/C12H18N2/c1-12(5-9-14(2)10-6-12)11-3-7-13-8-4-11/h3-4,7-8H,5-6,9-10H2,1-2H3. The van der Waals surface area contributed by atoms with Crippen molar-refractivity contribution in [2.45, 2.75) is 25.2 Å². The van der Waals surface area contributed by atoms with Crippen LogP contribution in [0, 0.1) is 0 Å². The average molecular weight is 190 g/mol. The molecule has 0 atom stereocenters. The second kappa shape index (κ2) is 3.70. The Bertz CT molecular complexity index is 286. The van der Waals surface area contributed by atoms with E-state index in [1.165, 1.54) is 31.5 Å². The molecule has 0 aromatic carbocycles. The molecule has 0 N–H and O–H groups in total. The number of aromatic nitrogens is 1. The highest BCUT2D eigenvalue weighted by atomic mass is 15.1. The maximum Gasteiger partial charge on any atom is 0.0270 e. The van der Waals surface area contributed by atoms with Crippen molar-refractivity contribution >= 4 is 0 Å². The number of likely N-dealkylation sites (tertiary alicyclic amines) is 1. The van der Waals surface area contributed by atoms with Crippen LogP contribution in [0.25, 0.3) is 0 Å². The van der Waals surface area contributed by atoms with Crippen LogP contribution in [0.2, 0.25) is 0 Å². The van der Waals surface area contributed by atoms with Gasteiger partial charge in [0.25, 0.3) is 0 Å². The zero-order chi connectivity index (χ0) is 10.0. The Morgan fingerprint density at radius 2 is 1.79 bits per heavy atom. The van der Waals surface area contributed by atoms with E-state index in [0.29, 0.717) is 5.41 Å². The minimum atomic E-state index is 0.370. The van der Waals surface area contributed by atoms with Gasteiger partial charge in [-0.1, -0.05) is 6.92 Å². The molecule has 1 fully saturated rings. The van der Waals surface area contributed by atoms with Crippen molar-refractivity contribution in [2.75, 3.05) is 20.1 Å². The average Bonchev–Trinajstić information content (AvgIpc) is 2.24. The monoisotopic (exact) mass is 190 g/mol. The fourth-order valence-electron chi connectivity index (χ4n) is 2.16. The topological polar surface area (TPSA) is 16.1 Å². The van der Waals surface area contributed by atoms with Gasteiger partial charge in [-0.25, -0.2) is 0 Å². The molecule has 2 nitrogen and oxygen atoms in total. The van der Waals surface area contributed by atoms with Crippen LogP contribution in [-0.2, 0) is 5.41 Å². The first kappa shape index (κ1) is 9.66. The van der Waals surface area contributed by atoms with E-state index >= 15 is 0 Å². The third kappa shape index (κ3) is 1.80. The Morgan fingerprint density at radius 1 is 1.21 bits per heavy atom. The molecule has 0 bridgehead atoms. The minimum absolute atomic E-state index is 0.370. The number of pyridine rings is 1. The normalized spacial score (nSPS) is 22.1. The molecule has 14 heavy (non-hydrogen) atoms. The Labute approximate surface area is 86.0 Å². The molecule has 76 valence electrons. The predicted octanol–water partition coefficient (Wildman–Crippen LogP) is 2.06. The molecule has 0 saturated carbocycles. The summed E-state index contributed by atoms with van der Waals surface area (Å²) in [5.41, 5.74) is 1.82. The lowest BCUT2D eigenvalue weighted by molar-refractivity contribution is 0.200. The van der Waals surface area contributed by atoms with Gasteiger partial charge in [-0.2, -0.15) is 0 Å². The summed E-state index contributed by atoms with van der Waals surface area (Å²) in [7, 11) is 2.20. The van der Waals surface area contributed by atoms with Gasteiger partial charge in [-0.15, -0.1) is 0 Å². The molecule has 1 aromatic heterocycles. The molecule has 0 unspecified atom stereocenters. The first-order chi connectivity index (χ1) is 6.71. The van der Waals surface area contributed by atoms with Gasteiger partial charge in [0.15, 0.2) is 0 Å². The molecule has 1 saturated heterocycles. The summed E-state index contributed by atoms with van der Waals surface area (Å²) in [5, 5.41) is 0. The summed E-state index contributed by atoms with van der Waals surface area (Å²) in [5.74, 6) is 0. The van der Waals surface area contributed by atoms with Gasteiger partial charge in [0.1, 0.15) is 0 Å². The van der Waals surface area contributed by atoms with Gasteiger partial charge in [-0.05, 0) is 56.1 Å². The predicted molar refractivity (Wildman–Crippen MR) is 58.3 cm³/mol. The van der Waals surface area contributed by atoms with Gasteiger partial charge in [0.05, 0.1) is 0 Å². The summed E-state index contributed by atoms with van der Waals surface area (Å²) in [6, 6.07) is 4.32. The van der Waals surface area contributed by atoms with E-state index in [2.05, 4.69) is 36.0 Å². The number of piperidine rings is 1. The summed E-state index contributed by atoms with van der Waals surface area (Å²) in [4.78, 5) is 6.48. The van der Waals surface area contributed by atoms with Crippen LogP contribution in [-0.4, -0.2) is 30.0 Å². The molecular formula is C12H18N2. The highest BCUT2D eigenvalue weighted by Crippen LogP contribution is 2.33. The number of rotatable bonds is 1. The van der Waals surface area contributed by atoms with Crippen LogP contribution in [0.3, 0.4) is 0 Å². The highest BCUT2D eigenvalue weighted by Gasteiger charge is 2.30. The minimum Gasteiger partial charge on any atom is -0.306 e. The molecule has 0 radical (unpaired) electrons. The van der Waals surface area contributed by atoms with E-state index in [-0.39, 0.29) is 0 Å². The van der Waals surface area contributed by atoms with Crippen molar-refractivity contribution in [3.05, 3.63) is 30.1 Å². The number of hydrogen-bond acceptors (Lipinski definition) is 2. The van der Waals surface area contributed by atoms with Gasteiger partial charge >= 0.3 is 0 Å². The molecule has 2 heterocycles. The van der Waals surface area contributed by atoms with E-state index in [9.17, 15) is 0 Å². The van der Waals surface area contributed by atoms with Gasteiger partial charge in [-0.3, -0.25) is 4.98 Å².